The molecule has 1 heterocycles. The molecule has 0 N–H and O–H groups in total. The molecule has 2 atom stereocenters. The van der Waals surface area contributed by atoms with Crippen molar-refractivity contribution in [2.75, 3.05) is 6.54 Å². The van der Waals surface area contributed by atoms with Gasteiger partial charge in [-0.1, -0.05) is 54.6 Å². The van der Waals surface area contributed by atoms with Crippen LogP contribution in [0.3, 0.4) is 0 Å². The Morgan fingerprint density at radius 1 is 0.963 bits per heavy atom. The SMILES string of the molecule is O=C(CCN1C(=O)[C@H]2CC=CC[C@@H]2C1=O)OCc1cccc2ccccc12. The normalized spacial score (nSPS) is 21.6. The Morgan fingerprint density at radius 3 is 2.37 bits per heavy atom. The van der Waals surface area contributed by atoms with E-state index in [1.807, 2.05) is 54.6 Å². The largest absolute Gasteiger partial charge is 0.461 e. The van der Waals surface area contributed by atoms with Crippen molar-refractivity contribution in [1.29, 1.82) is 0 Å². The highest BCUT2D eigenvalue weighted by Crippen LogP contribution is 2.35. The Morgan fingerprint density at radius 2 is 1.63 bits per heavy atom. The number of likely N-dealkylation sites (tertiary alicyclic amines) is 1. The Labute approximate surface area is 157 Å². The highest BCUT2D eigenvalue weighted by Gasteiger charge is 2.46. The van der Waals surface area contributed by atoms with Gasteiger partial charge < -0.3 is 4.74 Å². The number of esters is 1. The highest BCUT2D eigenvalue weighted by atomic mass is 16.5. The molecule has 0 unspecified atom stereocenters. The fraction of sp³-hybridized carbons (Fsp3) is 0.318. The predicted molar refractivity (Wildman–Crippen MR) is 100 cm³/mol. The molecule has 1 aliphatic heterocycles. The van der Waals surface area contributed by atoms with Gasteiger partial charge in [0.1, 0.15) is 6.61 Å². The number of carbonyl (C=O) groups is 3. The van der Waals surface area contributed by atoms with Crippen LogP contribution in [0.4, 0.5) is 0 Å². The van der Waals surface area contributed by atoms with E-state index in [1.165, 1.54) is 4.90 Å². The summed E-state index contributed by atoms with van der Waals surface area (Å²) in [5, 5.41) is 2.14. The van der Waals surface area contributed by atoms with Crippen molar-refractivity contribution in [3.8, 4) is 0 Å². The van der Waals surface area contributed by atoms with Crippen molar-refractivity contribution in [3.63, 3.8) is 0 Å². The number of imide groups is 1. The molecular weight excluding hydrogens is 342 g/mol. The van der Waals surface area contributed by atoms with Crippen LogP contribution in [0.25, 0.3) is 10.8 Å². The van der Waals surface area contributed by atoms with Gasteiger partial charge in [-0.15, -0.1) is 0 Å². The number of rotatable bonds is 5. The maximum absolute atomic E-state index is 12.4. The maximum Gasteiger partial charge on any atom is 0.307 e. The first-order valence-corrected chi connectivity index (χ1v) is 9.27. The monoisotopic (exact) mass is 363 g/mol. The standard InChI is InChI=1S/C22H21NO4/c24-20(27-14-16-8-5-7-15-6-1-2-9-17(15)16)12-13-23-21(25)18-10-3-4-11-19(18)22(23)26/h1-9,18-19H,10-14H2/t18-,19-/m0/s1. The molecule has 5 nitrogen and oxygen atoms in total. The average molecular weight is 363 g/mol. The number of allylic oxidation sites excluding steroid dienone is 2. The van der Waals surface area contributed by atoms with E-state index in [1.54, 1.807) is 0 Å². The summed E-state index contributed by atoms with van der Waals surface area (Å²) in [7, 11) is 0. The molecule has 0 saturated carbocycles. The third-order valence-electron chi connectivity index (χ3n) is 5.41. The maximum atomic E-state index is 12.4. The molecule has 2 amide bonds. The number of fused-ring (bicyclic) bond motifs is 2. The van der Waals surface area contributed by atoms with Gasteiger partial charge in [-0.25, -0.2) is 0 Å². The Hall–Kier alpha value is -2.95. The van der Waals surface area contributed by atoms with Crippen LogP contribution in [-0.4, -0.2) is 29.2 Å². The summed E-state index contributed by atoms with van der Waals surface area (Å²) in [4.78, 5) is 38.2. The molecule has 2 aliphatic rings. The summed E-state index contributed by atoms with van der Waals surface area (Å²) in [6, 6.07) is 13.8. The molecule has 0 spiro atoms. The summed E-state index contributed by atoms with van der Waals surface area (Å²) in [6.07, 6.45) is 5.15. The first-order chi connectivity index (χ1) is 13.1. The molecule has 27 heavy (non-hydrogen) atoms. The molecular formula is C22H21NO4. The summed E-state index contributed by atoms with van der Waals surface area (Å²) in [6.45, 7) is 0.274. The molecule has 1 aliphatic carbocycles. The van der Waals surface area contributed by atoms with Crippen LogP contribution in [0.15, 0.2) is 54.6 Å². The Kier molecular flexibility index (Phi) is 4.75. The van der Waals surface area contributed by atoms with Crippen molar-refractivity contribution in [2.24, 2.45) is 11.8 Å². The second-order valence-corrected chi connectivity index (χ2v) is 7.03. The number of hydrogen-bond acceptors (Lipinski definition) is 4. The molecule has 4 rings (SSSR count). The van der Waals surface area contributed by atoms with Crippen molar-refractivity contribution >= 4 is 28.6 Å². The quantitative estimate of drug-likeness (QED) is 0.465. The first kappa shape index (κ1) is 17.5. The van der Waals surface area contributed by atoms with Crippen LogP contribution >= 0.6 is 0 Å². The molecule has 2 aromatic carbocycles. The van der Waals surface area contributed by atoms with Gasteiger partial charge in [-0.2, -0.15) is 0 Å². The third-order valence-corrected chi connectivity index (χ3v) is 5.41. The van der Waals surface area contributed by atoms with E-state index < -0.39 is 5.97 Å². The summed E-state index contributed by atoms with van der Waals surface area (Å²) in [5.74, 6) is -1.23. The van der Waals surface area contributed by atoms with Crippen LogP contribution in [0, 0.1) is 11.8 Å². The van der Waals surface area contributed by atoms with Gasteiger partial charge >= 0.3 is 5.97 Å². The zero-order valence-corrected chi connectivity index (χ0v) is 15.0. The minimum absolute atomic E-state index is 0.0229. The number of benzene rings is 2. The average Bonchev–Trinajstić information content (AvgIpc) is 2.95. The molecule has 5 heteroatoms. The molecule has 0 radical (unpaired) electrons. The fourth-order valence-electron chi connectivity index (χ4n) is 3.94. The number of carbonyl (C=O) groups excluding carboxylic acids is 3. The van der Waals surface area contributed by atoms with Crippen LogP contribution in [0.1, 0.15) is 24.8 Å². The smallest absolute Gasteiger partial charge is 0.307 e. The molecule has 2 aromatic rings. The van der Waals surface area contributed by atoms with E-state index in [0.29, 0.717) is 12.8 Å². The van der Waals surface area contributed by atoms with Gasteiger partial charge in [-0.05, 0) is 29.2 Å². The zero-order chi connectivity index (χ0) is 18.8. The van der Waals surface area contributed by atoms with Crippen molar-refractivity contribution in [3.05, 3.63) is 60.2 Å². The van der Waals surface area contributed by atoms with E-state index in [4.69, 9.17) is 4.74 Å². The lowest BCUT2D eigenvalue weighted by molar-refractivity contribution is -0.146. The van der Waals surface area contributed by atoms with Gasteiger partial charge in [0.2, 0.25) is 11.8 Å². The predicted octanol–water partition coefficient (Wildman–Crippen LogP) is 3.22. The van der Waals surface area contributed by atoms with E-state index in [-0.39, 0.29) is 43.2 Å². The zero-order valence-electron chi connectivity index (χ0n) is 15.0. The minimum Gasteiger partial charge on any atom is -0.461 e. The van der Waals surface area contributed by atoms with Gasteiger partial charge in [-0.3, -0.25) is 19.3 Å². The van der Waals surface area contributed by atoms with Crippen LogP contribution in [0.2, 0.25) is 0 Å². The number of hydrogen-bond donors (Lipinski definition) is 0. The third kappa shape index (κ3) is 3.37. The second-order valence-electron chi connectivity index (χ2n) is 7.03. The fourth-order valence-corrected chi connectivity index (χ4v) is 3.94. The summed E-state index contributed by atoms with van der Waals surface area (Å²) >= 11 is 0. The molecule has 138 valence electrons. The number of ether oxygens (including phenoxy) is 1. The Bertz CT molecular complexity index is 902. The first-order valence-electron chi connectivity index (χ1n) is 9.27. The van der Waals surface area contributed by atoms with Crippen molar-refractivity contribution in [2.45, 2.75) is 25.9 Å². The van der Waals surface area contributed by atoms with E-state index in [9.17, 15) is 14.4 Å². The topological polar surface area (TPSA) is 63.7 Å². The second kappa shape index (κ2) is 7.35. The minimum atomic E-state index is -0.406. The van der Waals surface area contributed by atoms with Crippen molar-refractivity contribution < 1.29 is 19.1 Å². The molecule has 1 fully saturated rings. The molecule has 0 bridgehead atoms. The van der Waals surface area contributed by atoms with Crippen LogP contribution in [-0.2, 0) is 25.7 Å². The summed E-state index contributed by atoms with van der Waals surface area (Å²) in [5.41, 5.74) is 0.937. The molecule has 0 aromatic heterocycles. The van der Waals surface area contributed by atoms with E-state index in [2.05, 4.69) is 0 Å². The number of nitrogens with zero attached hydrogens (tertiary/aromatic N) is 1. The lowest BCUT2D eigenvalue weighted by Crippen LogP contribution is -2.33. The summed E-state index contributed by atoms with van der Waals surface area (Å²) < 4.78 is 5.38. The van der Waals surface area contributed by atoms with Crippen LogP contribution < -0.4 is 0 Å². The number of amides is 2. The molecule has 1 saturated heterocycles. The Balaban J connectivity index is 1.34. The van der Waals surface area contributed by atoms with Crippen LogP contribution in [0.5, 0.6) is 0 Å². The van der Waals surface area contributed by atoms with Crippen molar-refractivity contribution in [1.82, 2.24) is 4.90 Å². The lowest BCUT2D eigenvalue weighted by atomic mass is 9.85. The van der Waals surface area contributed by atoms with Gasteiger partial charge in [0.25, 0.3) is 0 Å². The van der Waals surface area contributed by atoms with Gasteiger partial charge in [0.05, 0.1) is 18.3 Å². The van der Waals surface area contributed by atoms with E-state index >= 15 is 0 Å². The lowest BCUT2D eigenvalue weighted by Gasteiger charge is -2.14. The van der Waals surface area contributed by atoms with Gasteiger partial charge in [0, 0.05) is 6.54 Å². The highest BCUT2D eigenvalue weighted by molar-refractivity contribution is 6.05. The van der Waals surface area contributed by atoms with E-state index in [0.717, 1.165) is 16.3 Å². The van der Waals surface area contributed by atoms with Gasteiger partial charge in [0.15, 0.2) is 0 Å².